The molecule has 1 unspecified atom stereocenters. The second kappa shape index (κ2) is 9.42. The SMILES string of the molecule is CCCC(CCCOB=O)OB=O. The zero-order chi connectivity index (χ0) is 9.94. The standard InChI is InChI=1S/C7H14B2O4/c1-2-4-7(13-9-11)5-3-6-12-8-10/h7H,2-6H2,1H3. The van der Waals surface area contributed by atoms with Gasteiger partial charge in [0.2, 0.25) is 0 Å². The second-order valence-corrected chi connectivity index (χ2v) is 2.75. The van der Waals surface area contributed by atoms with Gasteiger partial charge in [-0.3, -0.25) is 0 Å². The van der Waals surface area contributed by atoms with Gasteiger partial charge in [0.15, 0.2) is 0 Å². The zero-order valence-electron chi connectivity index (χ0n) is 7.90. The van der Waals surface area contributed by atoms with E-state index in [4.69, 9.17) is 4.65 Å². The topological polar surface area (TPSA) is 52.6 Å². The molecule has 4 nitrogen and oxygen atoms in total. The molecule has 0 heterocycles. The van der Waals surface area contributed by atoms with Gasteiger partial charge < -0.3 is 0 Å². The molecule has 0 spiro atoms. The summed E-state index contributed by atoms with van der Waals surface area (Å²) in [5, 5.41) is 0. The van der Waals surface area contributed by atoms with Gasteiger partial charge in [-0.05, 0) is 0 Å². The number of rotatable bonds is 9. The van der Waals surface area contributed by atoms with E-state index >= 15 is 0 Å². The maximum absolute atomic E-state index is 10.1. The van der Waals surface area contributed by atoms with Gasteiger partial charge >= 0.3 is 78.7 Å². The first kappa shape index (κ1) is 12.3. The third kappa shape index (κ3) is 7.68. The molecule has 0 aromatic carbocycles. The molecule has 1 atom stereocenters. The molecular formula is C7H14B2O4. The quantitative estimate of drug-likeness (QED) is 0.394. The van der Waals surface area contributed by atoms with Gasteiger partial charge in [0.1, 0.15) is 0 Å². The first-order valence-electron chi connectivity index (χ1n) is 4.49. The Morgan fingerprint density at radius 3 is 2.54 bits per heavy atom. The van der Waals surface area contributed by atoms with Crippen LogP contribution in [-0.4, -0.2) is 27.4 Å². The fourth-order valence-electron chi connectivity index (χ4n) is 1.12. The van der Waals surface area contributed by atoms with E-state index in [1.165, 1.54) is 0 Å². The summed E-state index contributed by atoms with van der Waals surface area (Å²) in [6.07, 6.45) is 3.29. The van der Waals surface area contributed by atoms with Crippen LogP contribution in [0, 0.1) is 0 Å². The molecule has 0 saturated carbocycles. The Hall–Kier alpha value is -0.670. The third-order valence-corrected chi connectivity index (χ3v) is 1.71. The monoisotopic (exact) mass is 184 g/mol. The molecular weight excluding hydrogens is 170 g/mol. The summed E-state index contributed by atoms with van der Waals surface area (Å²) < 4.78 is 29.2. The summed E-state index contributed by atoms with van der Waals surface area (Å²) in [5.74, 6) is 0. The van der Waals surface area contributed by atoms with Crippen LogP contribution in [0.5, 0.6) is 0 Å². The molecule has 0 aliphatic carbocycles. The van der Waals surface area contributed by atoms with E-state index in [9.17, 15) is 9.41 Å². The molecule has 0 aliphatic heterocycles. The van der Waals surface area contributed by atoms with E-state index in [1.54, 1.807) is 0 Å². The van der Waals surface area contributed by atoms with Crippen molar-refractivity contribution >= 4 is 14.7 Å². The molecule has 72 valence electrons. The summed E-state index contributed by atoms with van der Waals surface area (Å²) in [4.78, 5) is 0. The summed E-state index contributed by atoms with van der Waals surface area (Å²) in [6.45, 7) is 2.43. The predicted octanol–water partition coefficient (Wildman–Crippen LogP) is 0.898. The molecule has 0 N–H and O–H groups in total. The average Bonchev–Trinajstić information content (AvgIpc) is 2.13. The number of hydrogen-bond acceptors (Lipinski definition) is 4. The molecule has 0 bridgehead atoms. The Bertz CT molecular complexity index is 142. The van der Waals surface area contributed by atoms with Gasteiger partial charge in [-0.1, -0.05) is 0 Å². The van der Waals surface area contributed by atoms with Gasteiger partial charge in [-0.25, -0.2) is 0 Å². The summed E-state index contributed by atoms with van der Waals surface area (Å²) in [6, 6.07) is 0. The Balaban J connectivity index is 3.43. The summed E-state index contributed by atoms with van der Waals surface area (Å²) in [5.41, 5.74) is 0. The van der Waals surface area contributed by atoms with E-state index < -0.39 is 0 Å². The first-order valence-corrected chi connectivity index (χ1v) is 4.49. The van der Waals surface area contributed by atoms with E-state index in [0.717, 1.165) is 25.7 Å². The van der Waals surface area contributed by atoms with E-state index in [1.807, 2.05) is 6.92 Å². The van der Waals surface area contributed by atoms with Crippen LogP contribution in [0.2, 0.25) is 0 Å². The third-order valence-electron chi connectivity index (χ3n) is 1.71. The van der Waals surface area contributed by atoms with E-state index in [-0.39, 0.29) is 6.10 Å². The molecule has 0 aromatic rings. The van der Waals surface area contributed by atoms with Crippen molar-refractivity contribution in [2.45, 2.75) is 38.7 Å². The zero-order valence-corrected chi connectivity index (χ0v) is 7.90. The molecule has 0 fully saturated rings. The van der Waals surface area contributed by atoms with Gasteiger partial charge in [0, 0.05) is 0 Å². The molecule has 0 aromatic heterocycles. The molecule has 6 heteroatoms. The van der Waals surface area contributed by atoms with Gasteiger partial charge in [0.05, 0.1) is 0 Å². The van der Waals surface area contributed by atoms with Crippen molar-refractivity contribution in [3.63, 3.8) is 0 Å². The van der Waals surface area contributed by atoms with E-state index in [0.29, 0.717) is 21.3 Å². The summed E-state index contributed by atoms with van der Waals surface area (Å²) in [7, 11) is 0.899. The first-order chi connectivity index (χ1) is 6.35. The van der Waals surface area contributed by atoms with Crippen LogP contribution in [0.3, 0.4) is 0 Å². The van der Waals surface area contributed by atoms with Crippen LogP contribution in [0.4, 0.5) is 0 Å². The molecule has 0 rings (SSSR count). The van der Waals surface area contributed by atoms with Crippen molar-refractivity contribution in [3.05, 3.63) is 0 Å². The van der Waals surface area contributed by atoms with Gasteiger partial charge in [-0.2, -0.15) is 0 Å². The van der Waals surface area contributed by atoms with Crippen molar-refractivity contribution in [1.82, 2.24) is 0 Å². The Morgan fingerprint density at radius 2 is 2.00 bits per heavy atom. The Labute approximate surface area is 79.6 Å². The molecule has 0 aliphatic rings. The second-order valence-electron chi connectivity index (χ2n) is 2.75. The minimum atomic E-state index is -0.0299. The van der Waals surface area contributed by atoms with Crippen LogP contribution in [0.1, 0.15) is 32.6 Å². The normalized spacial score (nSPS) is 11.2. The van der Waals surface area contributed by atoms with Gasteiger partial charge in [-0.15, -0.1) is 0 Å². The minimum absolute atomic E-state index is 0.0299. The van der Waals surface area contributed by atoms with Crippen molar-refractivity contribution < 1.29 is 18.7 Å². The van der Waals surface area contributed by atoms with E-state index in [2.05, 4.69) is 4.65 Å². The Morgan fingerprint density at radius 1 is 1.23 bits per heavy atom. The molecule has 13 heavy (non-hydrogen) atoms. The van der Waals surface area contributed by atoms with Crippen LogP contribution in [-0.2, 0) is 18.7 Å². The maximum atomic E-state index is 10.1. The predicted molar refractivity (Wildman–Crippen MR) is 47.8 cm³/mol. The average molecular weight is 184 g/mol. The molecule has 0 amide bonds. The van der Waals surface area contributed by atoms with Crippen LogP contribution in [0.25, 0.3) is 0 Å². The molecule has 0 radical (unpaired) electrons. The number of hydrogen-bond donors (Lipinski definition) is 0. The van der Waals surface area contributed by atoms with Crippen LogP contribution < -0.4 is 0 Å². The van der Waals surface area contributed by atoms with Crippen LogP contribution in [0.15, 0.2) is 0 Å². The van der Waals surface area contributed by atoms with Gasteiger partial charge in [0.25, 0.3) is 0 Å². The summed E-state index contributed by atoms with van der Waals surface area (Å²) >= 11 is 0. The molecule has 0 saturated heterocycles. The van der Waals surface area contributed by atoms with Crippen molar-refractivity contribution in [1.29, 1.82) is 0 Å². The van der Waals surface area contributed by atoms with Crippen molar-refractivity contribution in [2.24, 2.45) is 0 Å². The van der Waals surface area contributed by atoms with Crippen LogP contribution >= 0.6 is 0 Å². The Kier molecular flexibility index (Phi) is 8.93. The van der Waals surface area contributed by atoms with Crippen molar-refractivity contribution in [2.75, 3.05) is 6.61 Å². The van der Waals surface area contributed by atoms with Crippen molar-refractivity contribution in [3.8, 4) is 0 Å². The fraction of sp³-hybridized carbons (Fsp3) is 1.00. The fourth-order valence-corrected chi connectivity index (χ4v) is 1.12.